The lowest BCUT2D eigenvalue weighted by Gasteiger charge is -2.03. The Morgan fingerprint density at radius 2 is 2.21 bits per heavy atom. The van der Waals surface area contributed by atoms with E-state index in [4.69, 9.17) is 17.3 Å². The van der Waals surface area contributed by atoms with Gasteiger partial charge in [-0.1, -0.05) is 31.4 Å². The molecular weight excluding hydrogens is 218 g/mol. The molecule has 1 aromatic heterocycles. The van der Waals surface area contributed by atoms with Gasteiger partial charge in [0, 0.05) is 0 Å². The molecule has 78 valence electrons. The smallest absolute Gasteiger partial charge is 0.156 e. The number of halogens is 1. The highest BCUT2D eigenvalue weighted by atomic mass is 35.5. The number of rotatable bonds is 5. The average Bonchev–Trinajstić information content (AvgIpc) is 2.19. The van der Waals surface area contributed by atoms with E-state index in [-0.39, 0.29) is 0 Å². The Bertz CT molecular complexity index is 293. The lowest BCUT2D eigenvalue weighted by Crippen LogP contribution is -1.95. The van der Waals surface area contributed by atoms with Crippen LogP contribution in [-0.2, 0) is 0 Å². The Labute approximate surface area is 93.5 Å². The maximum atomic E-state index is 5.76. The number of thioether (sulfide) groups is 1. The van der Waals surface area contributed by atoms with Gasteiger partial charge >= 0.3 is 0 Å². The summed E-state index contributed by atoms with van der Waals surface area (Å²) in [4.78, 5) is 7.88. The minimum absolute atomic E-state index is 0.345. The summed E-state index contributed by atoms with van der Waals surface area (Å²) < 4.78 is 0. The number of hydrogen-bond donors (Lipinski definition) is 1. The van der Waals surface area contributed by atoms with E-state index in [2.05, 4.69) is 16.9 Å². The first-order valence-corrected chi connectivity index (χ1v) is 6.00. The molecule has 3 nitrogen and oxygen atoms in total. The van der Waals surface area contributed by atoms with Gasteiger partial charge in [-0.05, 0) is 12.2 Å². The first kappa shape index (κ1) is 11.6. The fourth-order valence-corrected chi connectivity index (χ4v) is 2.10. The molecule has 0 aliphatic rings. The maximum Gasteiger partial charge on any atom is 0.156 e. The van der Waals surface area contributed by atoms with Gasteiger partial charge in [-0.25, -0.2) is 9.97 Å². The van der Waals surface area contributed by atoms with Crippen molar-refractivity contribution in [3.8, 4) is 0 Å². The van der Waals surface area contributed by atoms with E-state index in [1.54, 1.807) is 11.8 Å². The van der Waals surface area contributed by atoms with Crippen LogP contribution in [0.3, 0.4) is 0 Å². The molecule has 1 heterocycles. The topological polar surface area (TPSA) is 51.8 Å². The van der Waals surface area contributed by atoms with E-state index in [9.17, 15) is 0 Å². The number of nitrogens with two attached hydrogens (primary N) is 1. The van der Waals surface area contributed by atoms with Gasteiger partial charge in [0.05, 0.1) is 0 Å². The molecule has 0 bridgehead atoms. The summed E-state index contributed by atoms with van der Waals surface area (Å²) in [6.45, 7) is 2.18. The number of aromatic nitrogens is 2. The van der Waals surface area contributed by atoms with Crippen LogP contribution in [0.1, 0.15) is 26.2 Å². The SMILES string of the molecule is CCCCCSc1ncnc(Cl)c1N. The predicted octanol–water partition coefficient (Wildman–Crippen LogP) is 2.99. The van der Waals surface area contributed by atoms with Crippen molar-refractivity contribution in [2.24, 2.45) is 0 Å². The molecule has 0 fully saturated rings. The van der Waals surface area contributed by atoms with Crippen molar-refractivity contribution in [1.29, 1.82) is 0 Å². The highest BCUT2D eigenvalue weighted by Crippen LogP contribution is 2.27. The number of anilines is 1. The van der Waals surface area contributed by atoms with Crippen LogP contribution in [0.25, 0.3) is 0 Å². The van der Waals surface area contributed by atoms with Crippen LogP contribution >= 0.6 is 23.4 Å². The molecule has 1 rings (SSSR count). The highest BCUT2D eigenvalue weighted by Gasteiger charge is 2.05. The molecule has 0 aliphatic carbocycles. The summed E-state index contributed by atoms with van der Waals surface area (Å²) in [7, 11) is 0. The second-order valence-electron chi connectivity index (χ2n) is 2.94. The first-order chi connectivity index (χ1) is 6.75. The van der Waals surface area contributed by atoms with Crippen molar-refractivity contribution < 1.29 is 0 Å². The van der Waals surface area contributed by atoms with Crippen LogP contribution in [0, 0.1) is 0 Å². The average molecular weight is 232 g/mol. The maximum absolute atomic E-state index is 5.76. The number of nitrogens with zero attached hydrogens (tertiary/aromatic N) is 2. The minimum atomic E-state index is 0.345. The van der Waals surface area contributed by atoms with Crippen molar-refractivity contribution >= 4 is 29.1 Å². The standard InChI is InChI=1S/C9H14ClN3S/c1-2-3-4-5-14-9-7(11)8(10)12-6-13-9/h6H,2-5,11H2,1H3. The molecule has 0 radical (unpaired) electrons. The molecule has 5 heteroatoms. The summed E-state index contributed by atoms with van der Waals surface area (Å²) >= 11 is 7.41. The highest BCUT2D eigenvalue weighted by molar-refractivity contribution is 7.99. The molecule has 14 heavy (non-hydrogen) atoms. The van der Waals surface area contributed by atoms with Crippen molar-refractivity contribution in [3.63, 3.8) is 0 Å². The zero-order valence-corrected chi connectivity index (χ0v) is 9.74. The van der Waals surface area contributed by atoms with Crippen LogP contribution in [-0.4, -0.2) is 15.7 Å². The minimum Gasteiger partial charge on any atom is -0.394 e. The van der Waals surface area contributed by atoms with Gasteiger partial charge in [-0.2, -0.15) is 0 Å². The summed E-state index contributed by atoms with van der Waals surface area (Å²) in [5, 5.41) is 1.14. The molecule has 0 saturated carbocycles. The largest absolute Gasteiger partial charge is 0.394 e. The van der Waals surface area contributed by atoms with E-state index >= 15 is 0 Å². The molecule has 0 spiro atoms. The fourth-order valence-electron chi connectivity index (χ4n) is 0.995. The molecule has 0 saturated heterocycles. The van der Waals surface area contributed by atoms with Gasteiger partial charge in [0.15, 0.2) is 5.15 Å². The van der Waals surface area contributed by atoms with Crippen LogP contribution in [0.4, 0.5) is 5.69 Å². The lowest BCUT2D eigenvalue weighted by molar-refractivity contribution is 0.778. The molecule has 1 aromatic rings. The van der Waals surface area contributed by atoms with Crippen LogP contribution in [0.2, 0.25) is 5.15 Å². The summed E-state index contributed by atoms with van der Waals surface area (Å²) in [6.07, 6.45) is 5.09. The Hall–Kier alpha value is -0.480. The third-order valence-electron chi connectivity index (χ3n) is 1.79. The quantitative estimate of drug-likeness (QED) is 0.481. The van der Waals surface area contributed by atoms with Gasteiger partial charge in [-0.15, -0.1) is 11.8 Å². The lowest BCUT2D eigenvalue weighted by atomic mass is 10.3. The summed E-state index contributed by atoms with van der Waals surface area (Å²) in [6, 6.07) is 0. The van der Waals surface area contributed by atoms with Gasteiger partial charge in [0.2, 0.25) is 0 Å². The van der Waals surface area contributed by atoms with Gasteiger partial charge in [0.1, 0.15) is 17.0 Å². The fraction of sp³-hybridized carbons (Fsp3) is 0.556. The summed E-state index contributed by atoms with van der Waals surface area (Å²) in [5.41, 5.74) is 6.22. The van der Waals surface area contributed by atoms with E-state index in [1.807, 2.05) is 0 Å². The zero-order valence-electron chi connectivity index (χ0n) is 8.16. The second-order valence-corrected chi connectivity index (χ2v) is 4.38. The van der Waals surface area contributed by atoms with Crippen molar-refractivity contribution in [2.75, 3.05) is 11.5 Å². The van der Waals surface area contributed by atoms with E-state index in [1.165, 1.54) is 25.6 Å². The van der Waals surface area contributed by atoms with E-state index in [0.717, 1.165) is 10.8 Å². The van der Waals surface area contributed by atoms with Crippen LogP contribution in [0.5, 0.6) is 0 Å². The van der Waals surface area contributed by atoms with Gasteiger partial charge in [-0.3, -0.25) is 0 Å². The molecule has 0 amide bonds. The molecule has 0 unspecified atom stereocenters. The Balaban J connectivity index is 2.46. The second kappa shape index (κ2) is 6.09. The van der Waals surface area contributed by atoms with Crippen molar-refractivity contribution in [1.82, 2.24) is 9.97 Å². The Morgan fingerprint density at radius 3 is 2.93 bits per heavy atom. The Kier molecular flexibility index (Phi) is 5.04. The Morgan fingerprint density at radius 1 is 1.43 bits per heavy atom. The van der Waals surface area contributed by atoms with E-state index in [0.29, 0.717) is 10.8 Å². The molecule has 2 N–H and O–H groups in total. The third kappa shape index (κ3) is 3.35. The summed E-state index contributed by atoms with van der Waals surface area (Å²) in [5.74, 6) is 1.03. The third-order valence-corrected chi connectivity index (χ3v) is 3.18. The van der Waals surface area contributed by atoms with Crippen molar-refractivity contribution in [2.45, 2.75) is 31.2 Å². The number of unbranched alkanes of at least 4 members (excludes halogenated alkanes) is 2. The predicted molar refractivity (Wildman–Crippen MR) is 61.7 cm³/mol. The van der Waals surface area contributed by atoms with Crippen LogP contribution < -0.4 is 5.73 Å². The zero-order chi connectivity index (χ0) is 10.4. The number of nitrogen functional groups attached to an aromatic ring is 1. The van der Waals surface area contributed by atoms with E-state index < -0.39 is 0 Å². The molecule has 0 aromatic carbocycles. The van der Waals surface area contributed by atoms with Crippen LogP contribution in [0.15, 0.2) is 11.4 Å². The van der Waals surface area contributed by atoms with Gasteiger partial charge < -0.3 is 5.73 Å². The van der Waals surface area contributed by atoms with Crippen molar-refractivity contribution in [3.05, 3.63) is 11.5 Å². The molecule has 0 atom stereocenters. The normalized spacial score (nSPS) is 10.4. The number of hydrogen-bond acceptors (Lipinski definition) is 4. The molecule has 0 aliphatic heterocycles. The van der Waals surface area contributed by atoms with Gasteiger partial charge in [0.25, 0.3) is 0 Å². The monoisotopic (exact) mass is 231 g/mol. The molecular formula is C9H14ClN3S. The first-order valence-electron chi connectivity index (χ1n) is 4.64.